The molecule has 1 aliphatic rings. The zero-order chi connectivity index (χ0) is 15.3. The van der Waals surface area contributed by atoms with E-state index >= 15 is 0 Å². The highest BCUT2D eigenvalue weighted by Crippen LogP contribution is 2.32. The summed E-state index contributed by atoms with van der Waals surface area (Å²) in [7, 11) is 0. The molecule has 5 nitrogen and oxygen atoms in total. The summed E-state index contributed by atoms with van der Waals surface area (Å²) in [6, 6.07) is 3.61. The Hall–Kier alpha value is -1.49. The molecule has 0 aliphatic heterocycles. The number of rotatable bonds is 6. The molecule has 5 heteroatoms. The van der Waals surface area contributed by atoms with Crippen LogP contribution in [0.3, 0.4) is 0 Å². The maximum absolute atomic E-state index is 10.6. The van der Waals surface area contributed by atoms with E-state index in [2.05, 4.69) is 17.2 Å². The van der Waals surface area contributed by atoms with E-state index in [4.69, 9.17) is 10.5 Å². The molecule has 1 aromatic rings. The highest BCUT2D eigenvalue weighted by molar-refractivity contribution is 5.53. The third kappa shape index (κ3) is 4.49. The number of nitrogens with one attached hydrogen (secondary N) is 1. The zero-order valence-corrected chi connectivity index (χ0v) is 13.1. The van der Waals surface area contributed by atoms with E-state index in [1.165, 1.54) is 6.42 Å². The lowest BCUT2D eigenvalue weighted by molar-refractivity contribution is -0.000836. The molecule has 2 atom stereocenters. The number of pyridine rings is 1. The molecule has 2 rings (SSSR count). The van der Waals surface area contributed by atoms with Gasteiger partial charge >= 0.3 is 0 Å². The van der Waals surface area contributed by atoms with E-state index in [9.17, 15) is 5.11 Å². The van der Waals surface area contributed by atoms with Gasteiger partial charge in [-0.05, 0) is 37.3 Å². The molecule has 1 saturated carbocycles. The monoisotopic (exact) mass is 293 g/mol. The lowest BCUT2D eigenvalue weighted by Crippen LogP contribution is -2.41. The van der Waals surface area contributed by atoms with Gasteiger partial charge in [0.1, 0.15) is 5.82 Å². The molecule has 0 bridgehead atoms. The molecule has 1 fully saturated rings. The standard InChI is InChI=1S/C16H27N3O2/c1-3-9-21-15-13(17)6-7-14(19-15)18-11-16(20)8-4-5-12(2)10-16/h6-7,12,20H,3-5,8-11,17H2,1-2H3,(H,18,19). The quantitative estimate of drug-likeness (QED) is 0.751. The number of aromatic nitrogens is 1. The van der Waals surface area contributed by atoms with E-state index in [1.54, 1.807) is 6.07 Å². The van der Waals surface area contributed by atoms with Crippen LogP contribution in [0.5, 0.6) is 5.88 Å². The Morgan fingerprint density at radius 2 is 2.33 bits per heavy atom. The van der Waals surface area contributed by atoms with Crippen LogP contribution in [0.4, 0.5) is 11.5 Å². The molecule has 1 aromatic heterocycles. The average molecular weight is 293 g/mol. The van der Waals surface area contributed by atoms with Gasteiger partial charge in [-0.25, -0.2) is 0 Å². The van der Waals surface area contributed by atoms with Crippen molar-refractivity contribution in [1.29, 1.82) is 0 Å². The van der Waals surface area contributed by atoms with Crippen molar-refractivity contribution in [3.63, 3.8) is 0 Å². The second-order valence-corrected chi connectivity index (χ2v) is 6.22. The molecule has 21 heavy (non-hydrogen) atoms. The van der Waals surface area contributed by atoms with Gasteiger partial charge in [0.2, 0.25) is 5.88 Å². The molecule has 118 valence electrons. The van der Waals surface area contributed by atoms with Gasteiger partial charge in [0.25, 0.3) is 0 Å². The van der Waals surface area contributed by atoms with Crippen molar-refractivity contribution >= 4 is 11.5 Å². The zero-order valence-electron chi connectivity index (χ0n) is 13.1. The van der Waals surface area contributed by atoms with Gasteiger partial charge in [-0.2, -0.15) is 4.98 Å². The van der Waals surface area contributed by atoms with Crippen LogP contribution in [0.1, 0.15) is 46.0 Å². The first-order chi connectivity index (χ1) is 10.0. The van der Waals surface area contributed by atoms with Crippen LogP contribution in [0.15, 0.2) is 12.1 Å². The minimum Gasteiger partial charge on any atom is -0.476 e. The van der Waals surface area contributed by atoms with Gasteiger partial charge in [0, 0.05) is 6.54 Å². The van der Waals surface area contributed by atoms with Crippen molar-refractivity contribution in [3.05, 3.63) is 12.1 Å². The van der Waals surface area contributed by atoms with E-state index in [0.717, 1.165) is 25.7 Å². The van der Waals surface area contributed by atoms with Crippen LogP contribution in [-0.2, 0) is 0 Å². The first kappa shape index (κ1) is 15.9. The van der Waals surface area contributed by atoms with Crippen LogP contribution >= 0.6 is 0 Å². The summed E-state index contributed by atoms with van der Waals surface area (Å²) in [5.41, 5.74) is 5.76. The number of hydrogen-bond donors (Lipinski definition) is 3. The number of nitrogens with zero attached hydrogens (tertiary/aromatic N) is 1. The van der Waals surface area contributed by atoms with Gasteiger partial charge in [-0.15, -0.1) is 0 Å². The number of nitrogens with two attached hydrogens (primary N) is 1. The van der Waals surface area contributed by atoms with E-state index < -0.39 is 5.60 Å². The Bertz CT molecular complexity index is 467. The average Bonchev–Trinajstić information content (AvgIpc) is 2.45. The van der Waals surface area contributed by atoms with Crippen molar-refractivity contribution in [2.45, 2.75) is 51.6 Å². The summed E-state index contributed by atoms with van der Waals surface area (Å²) in [6.45, 7) is 5.35. The fourth-order valence-electron chi connectivity index (χ4n) is 2.91. The molecule has 1 aliphatic carbocycles. The van der Waals surface area contributed by atoms with E-state index in [0.29, 0.717) is 36.5 Å². The van der Waals surface area contributed by atoms with Crippen molar-refractivity contribution in [1.82, 2.24) is 4.98 Å². The second kappa shape index (κ2) is 6.98. The second-order valence-electron chi connectivity index (χ2n) is 6.22. The first-order valence-electron chi connectivity index (χ1n) is 7.88. The van der Waals surface area contributed by atoms with E-state index in [1.807, 2.05) is 13.0 Å². The minimum absolute atomic E-state index is 0.464. The molecule has 0 spiro atoms. The lowest BCUT2D eigenvalue weighted by atomic mass is 9.79. The van der Waals surface area contributed by atoms with Gasteiger partial charge < -0.3 is 20.9 Å². The number of ether oxygens (including phenoxy) is 1. The first-order valence-corrected chi connectivity index (χ1v) is 7.88. The summed E-state index contributed by atoms with van der Waals surface area (Å²) < 4.78 is 5.52. The predicted molar refractivity (Wildman–Crippen MR) is 85.5 cm³/mol. The summed E-state index contributed by atoms with van der Waals surface area (Å²) >= 11 is 0. The number of hydrogen-bond acceptors (Lipinski definition) is 5. The Kier molecular flexibility index (Phi) is 5.28. The fourth-order valence-corrected chi connectivity index (χ4v) is 2.91. The van der Waals surface area contributed by atoms with Crippen LogP contribution in [0.25, 0.3) is 0 Å². The molecule has 0 radical (unpaired) electrons. The summed E-state index contributed by atoms with van der Waals surface area (Å²) in [6.07, 6.45) is 4.89. The van der Waals surface area contributed by atoms with E-state index in [-0.39, 0.29) is 0 Å². The Labute approximate surface area is 126 Å². The van der Waals surface area contributed by atoms with Gasteiger partial charge in [-0.3, -0.25) is 0 Å². The summed E-state index contributed by atoms with van der Waals surface area (Å²) in [4.78, 5) is 4.37. The van der Waals surface area contributed by atoms with Crippen molar-refractivity contribution in [3.8, 4) is 5.88 Å². The van der Waals surface area contributed by atoms with Crippen LogP contribution in [-0.4, -0.2) is 28.8 Å². The molecule has 0 aromatic carbocycles. The highest BCUT2D eigenvalue weighted by Gasteiger charge is 2.32. The van der Waals surface area contributed by atoms with Crippen molar-refractivity contribution in [2.75, 3.05) is 24.2 Å². The third-order valence-corrected chi connectivity index (χ3v) is 4.00. The Morgan fingerprint density at radius 1 is 1.52 bits per heavy atom. The number of anilines is 2. The fraction of sp³-hybridized carbons (Fsp3) is 0.688. The van der Waals surface area contributed by atoms with Gasteiger partial charge in [0.05, 0.1) is 17.9 Å². The lowest BCUT2D eigenvalue weighted by Gasteiger charge is -2.35. The normalized spacial score (nSPS) is 25.6. The predicted octanol–water partition coefficient (Wildman–Crippen LogP) is 2.81. The molecular formula is C16H27N3O2. The summed E-state index contributed by atoms with van der Waals surface area (Å²) in [5.74, 6) is 1.74. The van der Waals surface area contributed by atoms with Crippen LogP contribution in [0, 0.1) is 5.92 Å². The molecule has 0 amide bonds. The number of aliphatic hydroxyl groups is 1. The van der Waals surface area contributed by atoms with Crippen molar-refractivity contribution in [2.24, 2.45) is 5.92 Å². The van der Waals surface area contributed by atoms with Gasteiger partial charge in [-0.1, -0.05) is 26.7 Å². The van der Waals surface area contributed by atoms with Crippen LogP contribution < -0.4 is 15.8 Å². The molecule has 0 saturated heterocycles. The van der Waals surface area contributed by atoms with Crippen molar-refractivity contribution < 1.29 is 9.84 Å². The Morgan fingerprint density at radius 3 is 3.05 bits per heavy atom. The molecule has 4 N–H and O–H groups in total. The topological polar surface area (TPSA) is 80.4 Å². The third-order valence-electron chi connectivity index (χ3n) is 4.00. The highest BCUT2D eigenvalue weighted by atomic mass is 16.5. The number of nitrogen functional groups attached to an aromatic ring is 1. The van der Waals surface area contributed by atoms with Gasteiger partial charge in [0.15, 0.2) is 0 Å². The smallest absolute Gasteiger partial charge is 0.239 e. The van der Waals surface area contributed by atoms with Crippen LogP contribution in [0.2, 0.25) is 0 Å². The SMILES string of the molecule is CCCOc1nc(NCC2(O)CCCC(C)C2)ccc1N. The molecule has 2 unspecified atom stereocenters. The maximum atomic E-state index is 10.6. The largest absolute Gasteiger partial charge is 0.476 e. The Balaban J connectivity index is 1.96. The summed E-state index contributed by atoms with van der Waals surface area (Å²) in [5, 5.41) is 13.8. The minimum atomic E-state index is -0.634. The maximum Gasteiger partial charge on any atom is 0.239 e. The molecular weight excluding hydrogens is 266 g/mol. The molecule has 1 heterocycles.